The Bertz CT molecular complexity index is 930. The number of likely N-dealkylation sites (N-methyl/N-ethyl adjacent to an activating group) is 1. The van der Waals surface area contributed by atoms with Gasteiger partial charge >= 0.3 is 0 Å². The van der Waals surface area contributed by atoms with Crippen molar-refractivity contribution < 1.29 is 18.7 Å². The summed E-state index contributed by atoms with van der Waals surface area (Å²) >= 11 is 0. The smallest absolute Gasteiger partial charge is 0.254 e. The molecule has 0 radical (unpaired) electrons. The van der Waals surface area contributed by atoms with Crippen LogP contribution in [0.3, 0.4) is 0 Å². The van der Waals surface area contributed by atoms with Crippen molar-refractivity contribution in [1.29, 1.82) is 0 Å². The number of benzene rings is 2. The molecule has 172 valence electrons. The third kappa shape index (κ3) is 6.79. The zero-order chi connectivity index (χ0) is 23.1. The van der Waals surface area contributed by atoms with Crippen molar-refractivity contribution in [2.45, 2.75) is 20.3 Å². The van der Waals surface area contributed by atoms with E-state index in [1.807, 2.05) is 26.0 Å². The van der Waals surface area contributed by atoms with Gasteiger partial charge in [0.25, 0.3) is 5.91 Å². The summed E-state index contributed by atoms with van der Waals surface area (Å²) in [5.74, 6) is 0.263. The maximum atomic E-state index is 13.4. The van der Waals surface area contributed by atoms with Gasteiger partial charge in [0.05, 0.1) is 13.1 Å². The van der Waals surface area contributed by atoms with Crippen molar-refractivity contribution in [1.82, 2.24) is 14.7 Å². The molecule has 1 saturated heterocycles. The first kappa shape index (κ1) is 23.7. The van der Waals surface area contributed by atoms with E-state index in [4.69, 9.17) is 4.74 Å². The summed E-state index contributed by atoms with van der Waals surface area (Å²) in [6.07, 6.45) is 0.772. The van der Waals surface area contributed by atoms with Crippen LogP contribution in [0.15, 0.2) is 42.5 Å². The van der Waals surface area contributed by atoms with Crippen LogP contribution in [0.1, 0.15) is 27.9 Å². The van der Waals surface area contributed by atoms with E-state index in [0.29, 0.717) is 44.9 Å². The van der Waals surface area contributed by atoms with Gasteiger partial charge in [-0.3, -0.25) is 14.5 Å². The highest BCUT2D eigenvalue weighted by Gasteiger charge is 2.22. The lowest BCUT2D eigenvalue weighted by Gasteiger charge is -2.24. The molecular formula is C25H32FN3O3. The van der Waals surface area contributed by atoms with E-state index in [1.54, 1.807) is 29.0 Å². The Kier molecular flexibility index (Phi) is 8.22. The highest BCUT2D eigenvalue weighted by atomic mass is 19.1. The van der Waals surface area contributed by atoms with Crippen molar-refractivity contribution in [2.75, 3.05) is 52.9 Å². The molecule has 0 atom stereocenters. The van der Waals surface area contributed by atoms with Gasteiger partial charge in [-0.1, -0.05) is 12.1 Å². The quantitative estimate of drug-likeness (QED) is 0.663. The fourth-order valence-electron chi connectivity index (χ4n) is 3.89. The zero-order valence-electron chi connectivity index (χ0n) is 19.1. The third-order valence-corrected chi connectivity index (χ3v) is 5.62. The molecule has 6 nitrogen and oxygen atoms in total. The molecule has 0 unspecified atom stereocenters. The average Bonchev–Trinajstić information content (AvgIpc) is 2.98. The van der Waals surface area contributed by atoms with E-state index < -0.39 is 5.82 Å². The summed E-state index contributed by atoms with van der Waals surface area (Å²) in [7, 11) is 1.78. The van der Waals surface area contributed by atoms with Crippen LogP contribution in [0.5, 0.6) is 5.75 Å². The van der Waals surface area contributed by atoms with E-state index >= 15 is 0 Å². The summed E-state index contributed by atoms with van der Waals surface area (Å²) in [5, 5.41) is 0. The standard InChI is InChI=1S/C25H32FN3O3/c1-19-14-20(2)16-23(15-19)32-13-12-27(3)24(30)18-28-8-5-9-29(11-10-28)25(31)21-6-4-7-22(26)17-21/h4,6-7,14-17H,5,8-13,18H2,1-3H3. The molecular weight excluding hydrogens is 409 g/mol. The molecule has 3 rings (SSSR count). The summed E-state index contributed by atoms with van der Waals surface area (Å²) < 4.78 is 19.3. The molecule has 32 heavy (non-hydrogen) atoms. The van der Waals surface area contributed by atoms with Crippen LogP contribution in [0.2, 0.25) is 0 Å². The number of hydrogen-bond donors (Lipinski definition) is 0. The van der Waals surface area contributed by atoms with Crippen LogP contribution in [0, 0.1) is 19.7 Å². The molecule has 0 aliphatic carbocycles. The second-order valence-corrected chi connectivity index (χ2v) is 8.42. The number of carbonyl (C=O) groups excluding carboxylic acids is 2. The number of hydrogen-bond acceptors (Lipinski definition) is 4. The van der Waals surface area contributed by atoms with Gasteiger partial charge in [-0.2, -0.15) is 0 Å². The fourth-order valence-corrected chi connectivity index (χ4v) is 3.89. The van der Waals surface area contributed by atoms with Crippen LogP contribution in [-0.2, 0) is 4.79 Å². The number of amides is 2. The van der Waals surface area contributed by atoms with E-state index in [9.17, 15) is 14.0 Å². The number of nitrogens with zero attached hydrogens (tertiary/aromatic N) is 3. The van der Waals surface area contributed by atoms with Gasteiger partial charge in [0.15, 0.2) is 0 Å². The minimum absolute atomic E-state index is 0.0268. The molecule has 1 fully saturated rings. The van der Waals surface area contributed by atoms with Crippen molar-refractivity contribution >= 4 is 11.8 Å². The van der Waals surface area contributed by atoms with Gasteiger partial charge < -0.3 is 14.5 Å². The van der Waals surface area contributed by atoms with Gasteiger partial charge in [-0.25, -0.2) is 4.39 Å². The molecule has 0 bridgehead atoms. The highest BCUT2D eigenvalue weighted by molar-refractivity contribution is 5.94. The fraction of sp³-hybridized carbons (Fsp3) is 0.440. The second kappa shape index (κ2) is 11.1. The first-order valence-electron chi connectivity index (χ1n) is 11.0. The summed E-state index contributed by atoms with van der Waals surface area (Å²) in [6.45, 7) is 7.77. The first-order chi connectivity index (χ1) is 15.3. The van der Waals surface area contributed by atoms with Crippen molar-refractivity contribution in [3.63, 3.8) is 0 Å². The Labute approximate surface area is 189 Å². The Balaban J connectivity index is 1.44. The normalized spacial score (nSPS) is 14.7. The number of ether oxygens (including phenoxy) is 1. The largest absolute Gasteiger partial charge is 0.492 e. The molecule has 0 spiro atoms. The molecule has 1 aliphatic rings. The third-order valence-electron chi connectivity index (χ3n) is 5.62. The van der Waals surface area contributed by atoms with Gasteiger partial charge in [0.2, 0.25) is 5.91 Å². The first-order valence-corrected chi connectivity index (χ1v) is 11.0. The predicted octanol–water partition coefficient (Wildman–Crippen LogP) is 3.13. The Morgan fingerprint density at radius 1 is 1.03 bits per heavy atom. The lowest BCUT2D eigenvalue weighted by Crippen LogP contribution is -2.41. The van der Waals surface area contributed by atoms with Crippen LogP contribution < -0.4 is 4.74 Å². The number of aryl methyl sites for hydroxylation is 2. The molecule has 0 saturated carbocycles. The van der Waals surface area contributed by atoms with Gasteiger partial charge in [0, 0.05) is 38.8 Å². The predicted molar refractivity (Wildman–Crippen MR) is 122 cm³/mol. The Morgan fingerprint density at radius 3 is 2.50 bits per heavy atom. The maximum absolute atomic E-state index is 13.4. The molecule has 2 amide bonds. The number of rotatable bonds is 7. The molecule has 1 aliphatic heterocycles. The number of halogens is 1. The topological polar surface area (TPSA) is 53.1 Å². The molecule has 1 heterocycles. The van der Waals surface area contributed by atoms with E-state index in [1.165, 1.54) is 12.1 Å². The van der Waals surface area contributed by atoms with Crippen molar-refractivity contribution in [2.24, 2.45) is 0 Å². The second-order valence-electron chi connectivity index (χ2n) is 8.42. The highest BCUT2D eigenvalue weighted by Crippen LogP contribution is 2.16. The van der Waals surface area contributed by atoms with Crippen LogP contribution >= 0.6 is 0 Å². The maximum Gasteiger partial charge on any atom is 0.254 e. The molecule has 2 aromatic rings. The molecule has 0 aromatic heterocycles. The Morgan fingerprint density at radius 2 is 1.78 bits per heavy atom. The van der Waals surface area contributed by atoms with Crippen LogP contribution in [0.4, 0.5) is 4.39 Å². The number of carbonyl (C=O) groups is 2. The van der Waals surface area contributed by atoms with E-state index in [0.717, 1.165) is 29.8 Å². The monoisotopic (exact) mass is 441 g/mol. The lowest BCUT2D eigenvalue weighted by atomic mass is 10.1. The summed E-state index contributed by atoms with van der Waals surface area (Å²) in [6, 6.07) is 11.8. The van der Waals surface area contributed by atoms with Crippen molar-refractivity contribution in [3.05, 3.63) is 65.0 Å². The van der Waals surface area contributed by atoms with E-state index in [-0.39, 0.29) is 11.8 Å². The molecule has 2 aromatic carbocycles. The Hall–Kier alpha value is -2.93. The van der Waals surface area contributed by atoms with Crippen LogP contribution in [-0.4, -0.2) is 79.4 Å². The van der Waals surface area contributed by atoms with Gasteiger partial charge in [-0.05, 0) is 61.7 Å². The summed E-state index contributed by atoms with van der Waals surface area (Å²) in [5.41, 5.74) is 2.66. The molecule has 7 heteroatoms. The minimum Gasteiger partial charge on any atom is -0.492 e. The average molecular weight is 442 g/mol. The van der Waals surface area contributed by atoms with Gasteiger partial charge in [-0.15, -0.1) is 0 Å². The minimum atomic E-state index is -0.414. The molecule has 0 N–H and O–H groups in total. The summed E-state index contributed by atoms with van der Waals surface area (Å²) in [4.78, 5) is 30.8. The van der Waals surface area contributed by atoms with Gasteiger partial charge in [0.1, 0.15) is 18.2 Å². The van der Waals surface area contributed by atoms with E-state index in [2.05, 4.69) is 11.0 Å². The SMILES string of the molecule is Cc1cc(C)cc(OCCN(C)C(=O)CN2CCCN(C(=O)c3cccc(F)c3)CC2)c1. The van der Waals surface area contributed by atoms with Crippen LogP contribution in [0.25, 0.3) is 0 Å². The lowest BCUT2D eigenvalue weighted by molar-refractivity contribution is -0.131. The van der Waals surface area contributed by atoms with Crippen molar-refractivity contribution in [3.8, 4) is 5.75 Å². The zero-order valence-corrected chi connectivity index (χ0v) is 19.1.